The van der Waals surface area contributed by atoms with Crippen LogP contribution < -0.4 is 15.4 Å². The first-order valence-electron chi connectivity index (χ1n) is 5.46. The molecule has 0 aliphatic carbocycles. The average molecular weight is 220 g/mol. The van der Waals surface area contributed by atoms with E-state index < -0.39 is 6.10 Å². The molecule has 86 valence electrons. The Kier molecular flexibility index (Phi) is 3.10. The van der Waals surface area contributed by atoms with E-state index in [1.807, 2.05) is 25.2 Å². The molecular formula is C12H16N2O2. The van der Waals surface area contributed by atoms with Crippen molar-refractivity contribution in [3.63, 3.8) is 0 Å². The Hall–Kier alpha value is -1.55. The summed E-state index contributed by atoms with van der Waals surface area (Å²) in [5.41, 5.74) is 1.96. The van der Waals surface area contributed by atoms with Crippen LogP contribution in [0.3, 0.4) is 0 Å². The minimum Gasteiger partial charge on any atom is -0.479 e. The van der Waals surface area contributed by atoms with E-state index >= 15 is 0 Å². The van der Waals surface area contributed by atoms with Crippen LogP contribution in [0.5, 0.6) is 5.75 Å². The first kappa shape index (κ1) is 11.0. The van der Waals surface area contributed by atoms with Crippen molar-refractivity contribution >= 4 is 11.6 Å². The molecule has 1 heterocycles. The largest absolute Gasteiger partial charge is 0.479 e. The topological polar surface area (TPSA) is 50.4 Å². The van der Waals surface area contributed by atoms with Gasteiger partial charge in [-0.2, -0.15) is 0 Å². The number of fused-ring (bicyclic) bond motifs is 1. The Bertz CT molecular complexity index is 404. The van der Waals surface area contributed by atoms with Gasteiger partial charge >= 0.3 is 0 Å². The zero-order valence-corrected chi connectivity index (χ0v) is 9.54. The minimum atomic E-state index is -0.407. The maximum Gasteiger partial charge on any atom is 0.265 e. The molecule has 0 saturated heterocycles. The highest BCUT2D eigenvalue weighted by Crippen LogP contribution is 2.30. The Morgan fingerprint density at radius 1 is 1.50 bits per heavy atom. The summed E-state index contributed by atoms with van der Waals surface area (Å²) in [4.78, 5) is 11.4. The van der Waals surface area contributed by atoms with Crippen molar-refractivity contribution in [3.8, 4) is 5.75 Å². The lowest BCUT2D eigenvalue weighted by Crippen LogP contribution is -2.34. The fourth-order valence-electron chi connectivity index (χ4n) is 1.68. The van der Waals surface area contributed by atoms with Crippen molar-refractivity contribution in [1.29, 1.82) is 0 Å². The molecule has 4 heteroatoms. The van der Waals surface area contributed by atoms with E-state index in [-0.39, 0.29) is 5.91 Å². The van der Waals surface area contributed by atoms with Crippen LogP contribution in [0.25, 0.3) is 0 Å². The Balaban J connectivity index is 2.19. The van der Waals surface area contributed by atoms with E-state index in [0.717, 1.165) is 24.4 Å². The van der Waals surface area contributed by atoms with Crippen molar-refractivity contribution in [2.45, 2.75) is 19.4 Å². The third kappa shape index (κ3) is 2.17. The maximum absolute atomic E-state index is 11.4. The molecule has 0 fully saturated rings. The average Bonchev–Trinajstić information content (AvgIpc) is 2.28. The predicted octanol–water partition coefficient (Wildman–Crippen LogP) is 1.17. The third-order valence-electron chi connectivity index (χ3n) is 2.64. The molecule has 0 saturated carbocycles. The van der Waals surface area contributed by atoms with Gasteiger partial charge in [0.15, 0.2) is 6.10 Å². The van der Waals surface area contributed by atoms with Gasteiger partial charge in [0.05, 0.1) is 5.69 Å². The van der Waals surface area contributed by atoms with E-state index in [2.05, 4.69) is 10.6 Å². The highest BCUT2D eigenvalue weighted by molar-refractivity contribution is 5.97. The highest BCUT2D eigenvalue weighted by atomic mass is 16.5. The van der Waals surface area contributed by atoms with Gasteiger partial charge in [-0.1, -0.05) is 6.07 Å². The summed E-state index contributed by atoms with van der Waals surface area (Å²) in [6, 6.07) is 5.91. The van der Waals surface area contributed by atoms with Crippen LogP contribution in [0.4, 0.5) is 5.69 Å². The molecule has 1 amide bonds. The first-order chi connectivity index (χ1) is 7.70. The van der Waals surface area contributed by atoms with E-state index in [0.29, 0.717) is 0 Å². The summed E-state index contributed by atoms with van der Waals surface area (Å²) in [5, 5.41) is 5.94. The molecule has 1 unspecified atom stereocenters. The van der Waals surface area contributed by atoms with Crippen molar-refractivity contribution in [2.24, 2.45) is 0 Å². The number of benzene rings is 1. The Morgan fingerprint density at radius 3 is 3.06 bits per heavy atom. The quantitative estimate of drug-likeness (QED) is 0.804. The van der Waals surface area contributed by atoms with Crippen LogP contribution in [-0.4, -0.2) is 25.6 Å². The lowest BCUT2D eigenvalue weighted by atomic mass is 10.1. The minimum absolute atomic E-state index is 0.0849. The summed E-state index contributed by atoms with van der Waals surface area (Å²) in [6.45, 7) is 2.66. The lowest BCUT2D eigenvalue weighted by Gasteiger charge is -2.23. The predicted molar refractivity (Wildman–Crippen MR) is 62.8 cm³/mol. The molecule has 16 heavy (non-hydrogen) atoms. The molecule has 0 radical (unpaired) electrons. The van der Waals surface area contributed by atoms with Crippen molar-refractivity contribution in [3.05, 3.63) is 23.8 Å². The van der Waals surface area contributed by atoms with Gasteiger partial charge in [-0.15, -0.1) is 0 Å². The number of hydrogen-bond donors (Lipinski definition) is 2. The van der Waals surface area contributed by atoms with E-state index in [1.165, 1.54) is 5.56 Å². The van der Waals surface area contributed by atoms with E-state index in [4.69, 9.17) is 4.74 Å². The van der Waals surface area contributed by atoms with Gasteiger partial charge in [0, 0.05) is 0 Å². The fraction of sp³-hybridized carbons (Fsp3) is 0.417. The molecule has 1 aliphatic heterocycles. The number of likely N-dealkylation sites (N-methyl/N-ethyl adjacent to an activating group) is 1. The number of amides is 1. The van der Waals surface area contributed by atoms with Crippen molar-refractivity contribution < 1.29 is 9.53 Å². The van der Waals surface area contributed by atoms with Gasteiger partial charge in [0.1, 0.15) is 5.75 Å². The fourth-order valence-corrected chi connectivity index (χ4v) is 1.68. The lowest BCUT2D eigenvalue weighted by molar-refractivity contribution is -0.122. The number of anilines is 1. The zero-order valence-electron chi connectivity index (χ0n) is 9.54. The van der Waals surface area contributed by atoms with Gasteiger partial charge in [-0.25, -0.2) is 0 Å². The van der Waals surface area contributed by atoms with Crippen LogP contribution in [0.15, 0.2) is 18.2 Å². The van der Waals surface area contributed by atoms with E-state index in [1.54, 1.807) is 6.92 Å². The van der Waals surface area contributed by atoms with Gasteiger partial charge in [0.2, 0.25) is 0 Å². The monoisotopic (exact) mass is 220 g/mol. The van der Waals surface area contributed by atoms with Gasteiger partial charge in [-0.05, 0) is 44.6 Å². The number of rotatable bonds is 3. The molecule has 4 nitrogen and oxygen atoms in total. The molecule has 2 N–H and O–H groups in total. The number of carbonyl (C=O) groups is 1. The smallest absolute Gasteiger partial charge is 0.265 e. The molecular weight excluding hydrogens is 204 g/mol. The standard InChI is InChI=1S/C12H16N2O2/c1-8-12(15)14-10-7-9(5-6-13-2)3-4-11(10)16-8/h3-4,7-8,13H,5-6H2,1-2H3,(H,14,15). The Morgan fingerprint density at radius 2 is 2.31 bits per heavy atom. The molecule has 0 bridgehead atoms. The maximum atomic E-state index is 11.4. The molecule has 1 atom stereocenters. The van der Waals surface area contributed by atoms with Crippen LogP contribution in [0.2, 0.25) is 0 Å². The van der Waals surface area contributed by atoms with Crippen molar-refractivity contribution in [2.75, 3.05) is 18.9 Å². The van der Waals surface area contributed by atoms with Crippen LogP contribution >= 0.6 is 0 Å². The number of hydrogen-bond acceptors (Lipinski definition) is 3. The molecule has 0 aromatic heterocycles. The Labute approximate surface area is 95.0 Å². The summed E-state index contributed by atoms with van der Waals surface area (Å²) in [5.74, 6) is 0.665. The highest BCUT2D eigenvalue weighted by Gasteiger charge is 2.23. The second kappa shape index (κ2) is 4.53. The summed E-state index contributed by atoms with van der Waals surface area (Å²) in [7, 11) is 1.92. The number of nitrogens with one attached hydrogen (secondary N) is 2. The SMILES string of the molecule is CNCCc1ccc2c(c1)NC(=O)C(C)O2. The second-order valence-electron chi connectivity index (χ2n) is 3.93. The van der Waals surface area contributed by atoms with Crippen LogP contribution in [0, 0.1) is 0 Å². The number of carbonyl (C=O) groups excluding carboxylic acids is 1. The van der Waals surface area contributed by atoms with Gasteiger partial charge in [-0.3, -0.25) is 4.79 Å². The molecule has 0 spiro atoms. The summed E-state index contributed by atoms with van der Waals surface area (Å²) < 4.78 is 5.48. The van der Waals surface area contributed by atoms with Gasteiger partial charge < -0.3 is 15.4 Å². The second-order valence-corrected chi connectivity index (χ2v) is 3.93. The third-order valence-corrected chi connectivity index (χ3v) is 2.64. The molecule has 1 aromatic rings. The van der Waals surface area contributed by atoms with Crippen LogP contribution in [0.1, 0.15) is 12.5 Å². The molecule has 1 aliphatic rings. The zero-order chi connectivity index (χ0) is 11.5. The summed E-state index contributed by atoms with van der Waals surface area (Å²) in [6.07, 6.45) is 0.533. The molecule has 1 aromatic carbocycles. The van der Waals surface area contributed by atoms with E-state index in [9.17, 15) is 4.79 Å². The summed E-state index contributed by atoms with van der Waals surface area (Å²) >= 11 is 0. The number of ether oxygens (including phenoxy) is 1. The van der Waals surface area contributed by atoms with Crippen molar-refractivity contribution in [1.82, 2.24) is 5.32 Å². The van der Waals surface area contributed by atoms with Gasteiger partial charge in [0.25, 0.3) is 5.91 Å². The normalized spacial score (nSPS) is 18.6. The molecule has 2 rings (SSSR count). The first-order valence-corrected chi connectivity index (χ1v) is 5.46. The van der Waals surface area contributed by atoms with Crippen LogP contribution in [-0.2, 0) is 11.2 Å².